The zero-order valence-corrected chi connectivity index (χ0v) is 6.49. The van der Waals surface area contributed by atoms with Crippen molar-refractivity contribution in [2.75, 3.05) is 0 Å². The van der Waals surface area contributed by atoms with E-state index < -0.39 is 0 Å². The van der Waals surface area contributed by atoms with Crippen molar-refractivity contribution in [3.05, 3.63) is 24.5 Å². The second-order valence-corrected chi connectivity index (χ2v) is 2.77. The van der Waals surface area contributed by atoms with Crippen LogP contribution in [0.5, 0.6) is 0 Å². The highest BCUT2D eigenvalue weighted by Crippen LogP contribution is 2.06. The van der Waals surface area contributed by atoms with Gasteiger partial charge in [0.2, 0.25) is 16.3 Å². The molecule has 1 N–H and O–H groups in total. The number of rotatable bonds is 0. The summed E-state index contributed by atoms with van der Waals surface area (Å²) < 4.78 is 0.979. The smallest absolute Gasteiger partial charge is 0.209 e. The van der Waals surface area contributed by atoms with E-state index in [0.717, 1.165) is 10.1 Å². The largest absolute Gasteiger partial charge is 0.360 e. The van der Waals surface area contributed by atoms with Crippen LogP contribution >= 0.6 is 0 Å². The lowest BCUT2D eigenvalue weighted by Gasteiger charge is -1.91. The topological polar surface area (TPSA) is 28.7 Å². The van der Waals surface area contributed by atoms with Gasteiger partial charge < -0.3 is 4.98 Å². The molecule has 0 atom stereocenters. The third-order valence-corrected chi connectivity index (χ3v) is 1.77. The average molecular weight is 144 g/mol. The first-order chi connectivity index (χ1) is 4.86. The molecule has 0 saturated carbocycles. The number of hydrogen-bond acceptors (Lipinski definition) is 1. The average Bonchev–Trinajstić information content (AvgIpc) is 2.33. The maximum absolute atomic E-state index is 4.11. The lowest BCUT2D eigenvalue weighted by molar-refractivity contribution is 1.38. The Balaban J connectivity index is 2.86. The number of hydrogen-bond donors (Lipinski definition) is 1. The van der Waals surface area contributed by atoms with Crippen LogP contribution < -0.4 is 4.56 Å². The van der Waals surface area contributed by atoms with Crippen molar-refractivity contribution in [1.82, 2.24) is 9.97 Å². The van der Waals surface area contributed by atoms with Crippen LogP contribution in [0, 0.1) is 0 Å². The molecule has 0 saturated heterocycles. The normalized spacial score (nSPS) is 10.4. The van der Waals surface area contributed by atoms with E-state index in [-0.39, 0.29) is 0 Å². The molecule has 0 unspecified atom stereocenters. The van der Waals surface area contributed by atoms with E-state index in [0.29, 0.717) is 0 Å². The van der Waals surface area contributed by atoms with Crippen LogP contribution in [0.4, 0.5) is 0 Å². The fourth-order valence-corrected chi connectivity index (χ4v) is 1.22. The fraction of sp³-hybridized carbons (Fsp3) is 0. The van der Waals surface area contributed by atoms with Gasteiger partial charge in [-0.15, -0.1) is 0 Å². The second kappa shape index (κ2) is 2.12. The van der Waals surface area contributed by atoms with Gasteiger partial charge in [0.1, 0.15) is 0 Å². The molecular weight excluding hydrogens is 139 g/mol. The lowest BCUT2D eigenvalue weighted by Crippen LogP contribution is -2.05. The van der Waals surface area contributed by atoms with Gasteiger partial charge in [-0.1, -0.05) is 10.6 Å². The van der Waals surface area contributed by atoms with Gasteiger partial charge in [0, 0.05) is 17.8 Å². The third-order valence-electron chi connectivity index (χ3n) is 1.46. The van der Waals surface area contributed by atoms with Gasteiger partial charge in [-0.05, 0) is 6.07 Å². The van der Waals surface area contributed by atoms with Crippen molar-refractivity contribution in [3.8, 4) is 0 Å². The molecule has 0 aliphatic heterocycles. The summed E-state index contributed by atoms with van der Waals surface area (Å²) in [6.07, 6.45) is 3.74. The predicted octanol–water partition coefficient (Wildman–Crippen LogP) is 0.357. The van der Waals surface area contributed by atoms with Gasteiger partial charge in [0.15, 0.2) is 0 Å². The summed E-state index contributed by atoms with van der Waals surface area (Å²) in [4.78, 5) is 7.19. The Bertz CT molecular complexity index is 353. The zero-order valence-electron chi connectivity index (χ0n) is 5.33. The first-order valence-electron chi connectivity index (χ1n) is 3.05. The number of aromatic nitrogens is 2. The van der Waals surface area contributed by atoms with E-state index in [1.165, 1.54) is 5.39 Å². The number of nitrogens with one attached hydrogen (secondary N) is 1. The molecule has 0 fully saturated rings. The van der Waals surface area contributed by atoms with Gasteiger partial charge in [-0.25, -0.2) is 0 Å². The Labute approximate surface area is 66.7 Å². The molecule has 3 heteroatoms. The summed E-state index contributed by atoms with van der Waals surface area (Å²) in [6, 6.07) is 4.06. The van der Waals surface area contributed by atoms with E-state index in [2.05, 4.69) is 26.3 Å². The Morgan fingerprint density at radius 3 is 3.30 bits per heavy atom. The van der Waals surface area contributed by atoms with Crippen molar-refractivity contribution in [1.29, 1.82) is 0 Å². The highest BCUT2D eigenvalue weighted by atomic mass is 27.0. The third kappa shape index (κ3) is 0.842. The standard InChI is InChI=1S/C7H5N2.Al/c1-3-8-5-7-6(1)2-4-9-7;/h1-2,4-5,9H;. The van der Waals surface area contributed by atoms with Crippen LogP contribution in [-0.4, -0.2) is 26.3 Å². The van der Waals surface area contributed by atoms with Gasteiger partial charge in [-0.2, -0.15) is 0 Å². The van der Waals surface area contributed by atoms with Crippen molar-refractivity contribution < 1.29 is 0 Å². The fourth-order valence-electron chi connectivity index (χ4n) is 0.968. The number of nitrogens with zero attached hydrogens (tertiary/aromatic N) is 1. The Hall–Kier alpha value is -0.778. The number of H-pyrrole nitrogens is 1. The molecule has 10 heavy (non-hydrogen) atoms. The van der Waals surface area contributed by atoms with Gasteiger partial charge in [0.05, 0.1) is 5.52 Å². The molecule has 2 nitrogen and oxygen atoms in total. The SMILES string of the molecule is [Al][c]1cc2cc[nH]c2cn1. The second-order valence-electron chi connectivity index (χ2n) is 2.17. The summed E-state index contributed by atoms with van der Waals surface area (Å²) in [5.41, 5.74) is 1.09. The van der Waals surface area contributed by atoms with E-state index >= 15 is 0 Å². The van der Waals surface area contributed by atoms with E-state index in [9.17, 15) is 0 Å². The summed E-state index contributed by atoms with van der Waals surface area (Å²) in [7, 11) is 0. The van der Waals surface area contributed by atoms with E-state index in [4.69, 9.17) is 0 Å². The summed E-state index contributed by atoms with van der Waals surface area (Å²) >= 11 is 2.57. The first-order valence-corrected chi connectivity index (χ1v) is 3.62. The maximum atomic E-state index is 4.11. The highest BCUT2D eigenvalue weighted by molar-refractivity contribution is 6.31. The van der Waals surface area contributed by atoms with E-state index in [1.54, 1.807) is 0 Å². The van der Waals surface area contributed by atoms with Gasteiger partial charge in [0.25, 0.3) is 0 Å². The first kappa shape index (κ1) is 5.97. The minimum atomic E-state index is 0.979. The number of aromatic amines is 1. The summed E-state index contributed by atoms with van der Waals surface area (Å²) in [6.45, 7) is 0. The zero-order chi connectivity index (χ0) is 6.97. The maximum Gasteiger partial charge on any atom is 0.209 e. The molecule has 46 valence electrons. The van der Waals surface area contributed by atoms with Crippen LogP contribution in [0.2, 0.25) is 0 Å². The van der Waals surface area contributed by atoms with Gasteiger partial charge >= 0.3 is 0 Å². The molecule has 2 aromatic rings. The molecular formula is C7H5AlN2. The minimum Gasteiger partial charge on any atom is -0.360 e. The molecule has 2 rings (SSSR count). The summed E-state index contributed by atoms with van der Waals surface area (Å²) in [5, 5.41) is 1.21. The monoisotopic (exact) mass is 144 g/mol. The van der Waals surface area contributed by atoms with E-state index in [1.807, 2.05) is 24.5 Å². The van der Waals surface area contributed by atoms with Crippen molar-refractivity contribution in [2.24, 2.45) is 0 Å². The molecule has 0 aliphatic carbocycles. The van der Waals surface area contributed by atoms with Crippen LogP contribution in [0.3, 0.4) is 0 Å². The summed E-state index contributed by atoms with van der Waals surface area (Å²) in [5.74, 6) is 0. The van der Waals surface area contributed by atoms with Crippen molar-refractivity contribution in [3.63, 3.8) is 0 Å². The van der Waals surface area contributed by atoms with Crippen molar-refractivity contribution in [2.45, 2.75) is 0 Å². The molecule has 2 radical (unpaired) electrons. The molecule has 0 aromatic carbocycles. The highest BCUT2D eigenvalue weighted by Gasteiger charge is 1.91. The van der Waals surface area contributed by atoms with Crippen LogP contribution in [-0.2, 0) is 0 Å². The quantitative estimate of drug-likeness (QED) is 0.531. The van der Waals surface area contributed by atoms with Crippen LogP contribution in [0.1, 0.15) is 0 Å². The Morgan fingerprint density at radius 2 is 2.40 bits per heavy atom. The molecule has 0 bridgehead atoms. The van der Waals surface area contributed by atoms with Crippen molar-refractivity contribution >= 4 is 31.7 Å². The minimum absolute atomic E-state index is 0.979. The predicted molar refractivity (Wildman–Crippen MR) is 41.5 cm³/mol. The molecule has 0 spiro atoms. The van der Waals surface area contributed by atoms with Gasteiger partial charge in [-0.3, -0.25) is 4.98 Å². The molecule has 0 aliphatic rings. The van der Waals surface area contributed by atoms with Crippen LogP contribution in [0.25, 0.3) is 10.9 Å². The molecule has 0 amide bonds. The Kier molecular flexibility index (Phi) is 1.27. The number of fused-ring (bicyclic) bond motifs is 1. The van der Waals surface area contributed by atoms with Crippen LogP contribution in [0.15, 0.2) is 24.5 Å². The Morgan fingerprint density at radius 1 is 1.50 bits per heavy atom. The number of pyridine rings is 1. The molecule has 2 aromatic heterocycles. The molecule has 2 heterocycles. The lowest BCUT2D eigenvalue weighted by atomic mass is 10.3.